The molecule has 12 heteroatoms. The monoisotopic (exact) mass is 413 g/mol. The molecule has 0 radical (unpaired) electrons. The number of phosphoric acid groups is 1. The van der Waals surface area contributed by atoms with Crippen LogP contribution in [0.2, 0.25) is 0 Å². The normalized spacial score (nSPS) is 22.3. The second-order valence-corrected chi connectivity index (χ2v) is 7.55. The predicted molar refractivity (Wildman–Crippen MR) is 97.9 cm³/mol. The van der Waals surface area contributed by atoms with Crippen LogP contribution in [0.25, 0.3) is 0 Å². The summed E-state index contributed by atoms with van der Waals surface area (Å²) in [5.41, 5.74) is 5.24. The highest BCUT2D eigenvalue weighted by Crippen LogP contribution is 2.43. The molecule has 3 rings (SSSR count). The number of benzene rings is 1. The largest absolute Gasteiger partial charge is 0.491 e. The number of hydrogen-bond acceptors (Lipinski definition) is 7. The van der Waals surface area contributed by atoms with E-state index in [9.17, 15) is 14.2 Å². The number of aromatic nitrogens is 2. The van der Waals surface area contributed by atoms with E-state index in [1.54, 1.807) is 24.3 Å². The van der Waals surface area contributed by atoms with Crippen molar-refractivity contribution in [3.63, 3.8) is 0 Å². The van der Waals surface area contributed by atoms with Crippen molar-refractivity contribution in [2.75, 3.05) is 12.3 Å². The van der Waals surface area contributed by atoms with Gasteiger partial charge in [0.1, 0.15) is 30.8 Å². The predicted octanol–water partition coefficient (Wildman–Crippen LogP) is 0.272. The van der Waals surface area contributed by atoms with Crippen LogP contribution in [0.3, 0.4) is 0 Å². The van der Waals surface area contributed by atoms with Crippen LogP contribution in [0.15, 0.2) is 40.1 Å². The van der Waals surface area contributed by atoms with E-state index in [0.717, 1.165) is 4.57 Å². The van der Waals surface area contributed by atoms with E-state index in [1.165, 1.54) is 13.1 Å². The van der Waals surface area contributed by atoms with Gasteiger partial charge in [-0.2, -0.15) is 0 Å². The summed E-state index contributed by atoms with van der Waals surface area (Å²) in [5, 5.41) is 0. The first-order valence-corrected chi connectivity index (χ1v) is 9.85. The van der Waals surface area contributed by atoms with Gasteiger partial charge in [0.25, 0.3) is 5.56 Å². The minimum atomic E-state index is -4.80. The molecule has 3 atom stereocenters. The topological polar surface area (TPSA) is 166 Å². The van der Waals surface area contributed by atoms with E-state index < -0.39 is 37.5 Å². The highest BCUT2D eigenvalue weighted by Gasteiger charge is 2.41. The van der Waals surface area contributed by atoms with Crippen molar-refractivity contribution in [1.29, 1.82) is 0 Å². The van der Waals surface area contributed by atoms with E-state index in [2.05, 4.69) is 4.98 Å². The summed E-state index contributed by atoms with van der Waals surface area (Å²) < 4.78 is 28.6. The van der Waals surface area contributed by atoms with Crippen LogP contribution in [-0.4, -0.2) is 38.2 Å². The molecule has 1 saturated heterocycles. The quantitative estimate of drug-likeness (QED) is 0.384. The number of phosphoric ester groups is 1. The van der Waals surface area contributed by atoms with Crippen molar-refractivity contribution < 1.29 is 28.3 Å². The lowest BCUT2D eigenvalue weighted by molar-refractivity contribution is -0.0404. The maximum atomic E-state index is 12.1. The number of aryl methyl sites for hydroxylation is 1. The van der Waals surface area contributed by atoms with E-state index in [4.69, 9.17) is 29.5 Å². The zero-order chi connectivity index (χ0) is 20.5. The molecule has 0 amide bonds. The molecule has 0 unspecified atom stereocenters. The Morgan fingerprint density at radius 3 is 2.64 bits per heavy atom. The summed E-state index contributed by atoms with van der Waals surface area (Å²) in [6, 6.07) is 6.55. The van der Waals surface area contributed by atoms with Gasteiger partial charge >= 0.3 is 13.5 Å². The lowest BCUT2D eigenvalue weighted by atomic mass is 10.2. The Kier molecular flexibility index (Phi) is 5.73. The molecule has 152 valence electrons. The standard InChI is InChI=1S/C16H20N3O8P/c1-9-7-19(16(21)18-15(9)20)14-6-12(27-28(22,23)24)13(26-14)8-25-11-4-2-10(17)3-5-11/h2-5,7,12-14H,6,8,17H2,1H3,(H,18,20,21)(H2,22,23,24)/t12-,13+,14+/m0/s1. The van der Waals surface area contributed by atoms with Gasteiger partial charge in [0.15, 0.2) is 0 Å². The number of nitrogens with one attached hydrogen (secondary N) is 1. The third-order valence-electron chi connectivity index (χ3n) is 4.20. The number of nitrogen functional groups attached to an aromatic ring is 1. The fourth-order valence-corrected chi connectivity index (χ4v) is 3.43. The Balaban J connectivity index is 1.79. The smallest absolute Gasteiger partial charge is 0.469 e. The molecule has 0 saturated carbocycles. The minimum absolute atomic E-state index is 0.0216. The number of nitrogens with two attached hydrogens (primary N) is 1. The van der Waals surface area contributed by atoms with E-state index in [-0.39, 0.29) is 18.6 Å². The van der Waals surface area contributed by atoms with Crippen LogP contribution < -0.4 is 21.7 Å². The van der Waals surface area contributed by atoms with Crippen molar-refractivity contribution in [3.8, 4) is 5.75 Å². The number of ether oxygens (including phenoxy) is 2. The first-order valence-electron chi connectivity index (χ1n) is 8.32. The molecule has 5 N–H and O–H groups in total. The highest BCUT2D eigenvalue weighted by molar-refractivity contribution is 7.46. The maximum absolute atomic E-state index is 12.1. The molecule has 2 heterocycles. The number of hydrogen-bond donors (Lipinski definition) is 4. The van der Waals surface area contributed by atoms with Gasteiger partial charge < -0.3 is 25.0 Å². The first kappa shape index (κ1) is 20.3. The summed E-state index contributed by atoms with van der Waals surface area (Å²) in [5.74, 6) is 0.480. The number of aromatic amines is 1. The molecular formula is C16H20N3O8P. The average Bonchev–Trinajstić information content (AvgIpc) is 2.98. The summed E-state index contributed by atoms with van der Waals surface area (Å²) in [6.45, 7) is 1.44. The van der Waals surface area contributed by atoms with E-state index in [1.807, 2.05) is 0 Å². The summed E-state index contributed by atoms with van der Waals surface area (Å²) in [7, 11) is -4.80. The minimum Gasteiger partial charge on any atom is -0.491 e. The molecule has 1 fully saturated rings. The van der Waals surface area contributed by atoms with Gasteiger partial charge in [-0.1, -0.05) is 0 Å². The van der Waals surface area contributed by atoms with Crippen LogP contribution >= 0.6 is 7.82 Å². The molecule has 1 aliphatic rings. The molecule has 0 aliphatic carbocycles. The number of H-pyrrole nitrogens is 1. The van der Waals surface area contributed by atoms with Gasteiger partial charge in [-0.25, -0.2) is 9.36 Å². The molecule has 0 bridgehead atoms. The molecule has 2 aromatic rings. The average molecular weight is 413 g/mol. The molecule has 28 heavy (non-hydrogen) atoms. The van der Waals surface area contributed by atoms with Gasteiger partial charge in [0.2, 0.25) is 0 Å². The molecule has 1 aromatic carbocycles. The van der Waals surface area contributed by atoms with Crippen molar-refractivity contribution >= 4 is 13.5 Å². The molecule has 11 nitrogen and oxygen atoms in total. The van der Waals surface area contributed by atoms with Gasteiger partial charge in [-0.15, -0.1) is 0 Å². The zero-order valence-electron chi connectivity index (χ0n) is 14.8. The van der Waals surface area contributed by atoms with Gasteiger partial charge in [0.05, 0.1) is 0 Å². The SMILES string of the molecule is Cc1cn([C@H]2C[C@H](OP(=O)(O)O)[C@@H](COc3ccc(N)cc3)O2)c(=O)[nH]c1=O. The van der Waals surface area contributed by atoms with Crippen LogP contribution in [0, 0.1) is 6.92 Å². The Labute approximate surface area is 158 Å². The van der Waals surface area contributed by atoms with Crippen LogP contribution in [0.5, 0.6) is 5.75 Å². The molecule has 1 aromatic heterocycles. The molecule has 0 spiro atoms. The van der Waals surface area contributed by atoms with Crippen molar-refractivity contribution in [2.45, 2.75) is 31.8 Å². The Morgan fingerprint density at radius 1 is 1.32 bits per heavy atom. The lowest BCUT2D eigenvalue weighted by Gasteiger charge is -2.19. The highest BCUT2D eigenvalue weighted by atomic mass is 31.2. The van der Waals surface area contributed by atoms with Crippen LogP contribution in [-0.2, 0) is 13.8 Å². The summed E-state index contributed by atoms with van der Waals surface area (Å²) in [4.78, 5) is 44.1. The maximum Gasteiger partial charge on any atom is 0.469 e. The number of rotatable bonds is 6. The van der Waals surface area contributed by atoms with Gasteiger partial charge in [-0.05, 0) is 31.2 Å². The number of nitrogens with zero attached hydrogens (tertiary/aromatic N) is 1. The third-order valence-corrected chi connectivity index (χ3v) is 4.75. The second-order valence-electron chi connectivity index (χ2n) is 6.36. The Bertz CT molecular complexity index is 996. The first-order chi connectivity index (χ1) is 13.1. The second kappa shape index (κ2) is 7.90. The summed E-state index contributed by atoms with van der Waals surface area (Å²) >= 11 is 0. The van der Waals surface area contributed by atoms with Crippen molar-refractivity contribution in [1.82, 2.24) is 9.55 Å². The Hall–Kier alpha value is -2.43. The Morgan fingerprint density at radius 2 is 2.00 bits per heavy atom. The van der Waals surface area contributed by atoms with E-state index in [0.29, 0.717) is 11.4 Å². The van der Waals surface area contributed by atoms with Crippen molar-refractivity contribution in [2.24, 2.45) is 0 Å². The fourth-order valence-electron chi connectivity index (χ4n) is 2.85. The van der Waals surface area contributed by atoms with Crippen molar-refractivity contribution in [3.05, 3.63) is 56.9 Å². The van der Waals surface area contributed by atoms with Gasteiger partial charge in [0, 0.05) is 23.9 Å². The zero-order valence-corrected chi connectivity index (χ0v) is 15.7. The third kappa shape index (κ3) is 4.89. The fraction of sp³-hybridized carbons (Fsp3) is 0.375. The van der Waals surface area contributed by atoms with Crippen LogP contribution in [0.4, 0.5) is 5.69 Å². The summed E-state index contributed by atoms with van der Waals surface area (Å²) in [6.07, 6.45) is -1.48. The van der Waals surface area contributed by atoms with Gasteiger partial charge in [-0.3, -0.25) is 18.9 Å². The van der Waals surface area contributed by atoms with Crippen LogP contribution in [0.1, 0.15) is 18.2 Å². The molecule has 1 aliphatic heterocycles. The molecular weight excluding hydrogens is 393 g/mol. The number of anilines is 1. The lowest BCUT2D eigenvalue weighted by Crippen LogP contribution is -2.33. The van der Waals surface area contributed by atoms with E-state index >= 15 is 0 Å².